The highest BCUT2D eigenvalue weighted by molar-refractivity contribution is 6.32. The van der Waals surface area contributed by atoms with Crippen LogP contribution in [0.15, 0.2) is 36.4 Å². The van der Waals surface area contributed by atoms with Crippen molar-refractivity contribution in [3.05, 3.63) is 52.5 Å². The smallest absolute Gasteiger partial charge is 0.338 e. The summed E-state index contributed by atoms with van der Waals surface area (Å²) in [5.41, 5.74) is 1.51. The number of esters is 1. The maximum atomic E-state index is 12.3. The number of hydrogen-bond acceptors (Lipinski definition) is 6. The van der Waals surface area contributed by atoms with E-state index in [2.05, 4.69) is 5.32 Å². The number of anilines is 1. The second-order valence-electron chi connectivity index (χ2n) is 6.31. The van der Waals surface area contributed by atoms with Crippen LogP contribution in [0.5, 0.6) is 11.5 Å². The monoisotopic (exact) mass is 416 g/mol. The lowest BCUT2D eigenvalue weighted by Crippen LogP contribution is -2.21. The molecule has 0 saturated heterocycles. The molecule has 1 amide bonds. The molecule has 0 radical (unpaired) electrons. The Bertz CT molecular complexity index is 920. The van der Waals surface area contributed by atoms with E-state index in [9.17, 15) is 9.59 Å². The van der Waals surface area contributed by atoms with Gasteiger partial charge in [-0.25, -0.2) is 4.79 Å². The van der Waals surface area contributed by atoms with Crippen LogP contribution in [-0.4, -0.2) is 31.7 Å². The Morgan fingerprint density at radius 3 is 2.48 bits per heavy atom. The number of ether oxygens (including phenoxy) is 3. The fourth-order valence-electron chi connectivity index (χ4n) is 2.40. The molecule has 0 fully saturated rings. The van der Waals surface area contributed by atoms with E-state index in [4.69, 9.17) is 31.1 Å². The molecule has 0 saturated carbocycles. The van der Waals surface area contributed by atoms with Crippen molar-refractivity contribution in [2.45, 2.75) is 26.4 Å². The second-order valence-corrected chi connectivity index (χ2v) is 6.72. The van der Waals surface area contributed by atoms with E-state index in [0.717, 1.165) is 5.56 Å². The Morgan fingerprint density at radius 1 is 1.21 bits per heavy atom. The van der Waals surface area contributed by atoms with E-state index in [1.165, 1.54) is 19.2 Å². The number of methoxy groups -OCH3 is 1. The zero-order valence-corrected chi connectivity index (χ0v) is 17.1. The molecule has 0 bridgehead atoms. The number of amides is 1. The molecule has 0 aliphatic rings. The summed E-state index contributed by atoms with van der Waals surface area (Å²) in [6.45, 7) is 3.21. The molecule has 0 aromatic heterocycles. The maximum Gasteiger partial charge on any atom is 0.338 e. The van der Waals surface area contributed by atoms with E-state index in [1.54, 1.807) is 24.3 Å². The minimum absolute atomic E-state index is 0.128. The minimum atomic E-state index is -0.721. The molecule has 0 heterocycles. The molecule has 2 rings (SSSR count). The van der Waals surface area contributed by atoms with Crippen molar-refractivity contribution in [1.29, 1.82) is 5.26 Å². The summed E-state index contributed by atoms with van der Waals surface area (Å²) in [5, 5.41) is 11.5. The summed E-state index contributed by atoms with van der Waals surface area (Å²) in [7, 11) is 1.43. The van der Waals surface area contributed by atoms with Crippen LogP contribution in [0.4, 0.5) is 5.69 Å². The number of hydrogen-bond donors (Lipinski definition) is 1. The Hall–Kier alpha value is -3.24. The first-order valence-corrected chi connectivity index (χ1v) is 9.19. The van der Waals surface area contributed by atoms with Crippen molar-refractivity contribution in [3.63, 3.8) is 0 Å². The molecule has 8 heteroatoms. The number of benzene rings is 2. The average molecular weight is 417 g/mol. The van der Waals surface area contributed by atoms with Crippen LogP contribution >= 0.6 is 11.6 Å². The standard InChI is InChI=1S/C21H21ClN2O5/c1-13(2)29-20-17(22)10-15(11-18(20)27-3)21(26)28-12-19(25)24-16-6-4-14(5-7-16)8-9-23/h4-7,10-11,13H,8,12H2,1-3H3,(H,24,25). The molecule has 29 heavy (non-hydrogen) atoms. The first kappa shape index (κ1) is 22.1. The quantitative estimate of drug-likeness (QED) is 0.653. The number of halogens is 1. The topological polar surface area (TPSA) is 97.6 Å². The molecule has 0 aliphatic carbocycles. The summed E-state index contributed by atoms with van der Waals surface area (Å²) < 4.78 is 15.9. The lowest BCUT2D eigenvalue weighted by atomic mass is 10.1. The van der Waals surface area contributed by atoms with Gasteiger partial charge in [0.05, 0.1) is 36.3 Å². The Labute approximate surface area is 174 Å². The van der Waals surface area contributed by atoms with Crippen LogP contribution in [0, 0.1) is 11.3 Å². The highest BCUT2D eigenvalue weighted by Gasteiger charge is 2.18. The van der Waals surface area contributed by atoms with Gasteiger partial charge in [0.1, 0.15) is 0 Å². The molecule has 0 unspecified atom stereocenters. The van der Waals surface area contributed by atoms with Crippen molar-refractivity contribution < 1.29 is 23.8 Å². The predicted octanol–water partition coefficient (Wildman–Crippen LogP) is 4.00. The van der Waals surface area contributed by atoms with Crippen molar-refractivity contribution in [2.24, 2.45) is 0 Å². The average Bonchev–Trinajstić information content (AvgIpc) is 2.69. The normalized spacial score (nSPS) is 10.2. The molecule has 0 spiro atoms. The third-order valence-electron chi connectivity index (χ3n) is 3.67. The van der Waals surface area contributed by atoms with Crippen LogP contribution in [0.1, 0.15) is 29.8 Å². The van der Waals surface area contributed by atoms with Crippen LogP contribution in [-0.2, 0) is 16.0 Å². The fraction of sp³-hybridized carbons (Fsp3) is 0.286. The second kappa shape index (κ2) is 10.3. The van der Waals surface area contributed by atoms with Crippen molar-refractivity contribution in [3.8, 4) is 17.6 Å². The predicted molar refractivity (Wildman–Crippen MR) is 108 cm³/mol. The number of nitriles is 1. The SMILES string of the molecule is COc1cc(C(=O)OCC(=O)Nc2ccc(CC#N)cc2)cc(Cl)c1OC(C)C. The number of rotatable bonds is 8. The van der Waals surface area contributed by atoms with Gasteiger partial charge in [-0.3, -0.25) is 4.79 Å². The number of carbonyl (C=O) groups is 2. The van der Waals surface area contributed by atoms with E-state index >= 15 is 0 Å². The molecule has 0 atom stereocenters. The summed E-state index contributed by atoms with van der Waals surface area (Å²) in [6, 6.07) is 11.7. The Balaban J connectivity index is 1.98. The summed E-state index contributed by atoms with van der Waals surface area (Å²) in [5.74, 6) is -0.594. The van der Waals surface area contributed by atoms with Gasteiger partial charge in [0.2, 0.25) is 0 Å². The lowest BCUT2D eigenvalue weighted by molar-refractivity contribution is -0.119. The minimum Gasteiger partial charge on any atom is -0.493 e. The zero-order chi connectivity index (χ0) is 21.4. The molecule has 2 aromatic rings. The van der Waals surface area contributed by atoms with E-state index in [1.807, 2.05) is 19.9 Å². The van der Waals surface area contributed by atoms with Gasteiger partial charge in [-0.15, -0.1) is 0 Å². The van der Waals surface area contributed by atoms with Gasteiger partial charge < -0.3 is 19.5 Å². The van der Waals surface area contributed by atoms with Gasteiger partial charge in [0.25, 0.3) is 5.91 Å². The summed E-state index contributed by atoms with van der Waals surface area (Å²) in [4.78, 5) is 24.3. The molecule has 152 valence electrons. The maximum absolute atomic E-state index is 12.3. The van der Waals surface area contributed by atoms with Crippen molar-refractivity contribution in [1.82, 2.24) is 0 Å². The van der Waals surface area contributed by atoms with Gasteiger partial charge in [-0.2, -0.15) is 5.26 Å². The van der Waals surface area contributed by atoms with E-state index in [0.29, 0.717) is 23.6 Å². The third-order valence-corrected chi connectivity index (χ3v) is 3.95. The third kappa shape index (κ3) is 6.40. The van der Waals surface area contributed by atoms with Crippen molar-refractivity contribution >= 4 is 29.2 Å². The van der Waals surface area contributed by atoms with E-state index in [-0.39, 0.29) is 16.7 Å². The first-order valence-electron chi connectivity index (χ1n) is 8.81. The fourth-order valence-corrected chi connectivity index (χ4v) is 2.65. The highest BCUT2D eigenvalue weighted by atomic mass is 35.5. The van der Waals surface area contributed by atoms with Gasteiger partial charge in [-0.1, -0.05) is 23.7 Å². The first-order chi connectivity index (χ1) is 13.8. The molecular weight excluding hydrogens is 396 g/mol. The summed E-state index contributed by atoms with van der Waals surface area (Å²) >= 11 is 6.19. The Morgan fingerprint density at radius 2 is 1.90 bits per heavy atom. The lowest BCUT2D eigenvalue weighted by Gasteiger charge is -2.16. The van der Waals surface area contributed by atoms with E-state index < -0.39 is 18.5 Å². The largest absolute Gasteiger partial charge is 0.493 e. The molecule has 2 aromatic carbocycles. The molecular formula is C21H21ClN2O5. The van der Waals surface area contributed by atoms with Gasteiger partial charge in [-0.05, 0) is 43.7 Å². The number of carbonyl (C=O) groups excluding carboxylic acids is 2. The van der Waals surface area contributed by atoms with Crippen LogP contribution in [0.3, 0.4) is 0 Å². The van der Waals surface area contributed by atoms with Crippen LogP contribution in [0.2, 0.25) is 5.02 Å². The summed E-state index contributed by atoms with van der Waals surface area (Å²) in [6.07, 6.45) is 0.163. The molecule has 7 nitrogen and oxygen atoms in total. The van der Waals surface area contributed by atoms with Crippen LogP contribution < -0.4 is 14.8 Å². The van der Waals surface area contributed by atoms with Crippen LogP contribution in [0.25, 0.3) is 0 Å². The molecule has 0 aliphatic heterocycles. The molecule has 1 N–H and O–H groups in total. The number of nitrogens with zero attached hydrogens (tertiary/aromatic N) is 1. The van der Waals surface area contributed by atoms with Crippen molar-refractivity contribution in [2.75, 3.05) is 19.0 Å². The van der Waals surface area contributed by atoms with Gasteiger partial charge in [0, 0.05) is 5.69 Å². The Kier molecular flexibility index (Phi) is 7.87. The zero-order valence-electron chi connectivity index (χ0n) is 16.3. The van der Waals surface area contributed by atoms with Gasteiger partial charge in [0.15, 0.2) is 18.1 Å². The van der Waals surface area contributed by atoms with Gasteiger partial charge >= 0.3 is 5.97 Å². The number of nitrogens with one attached hydrogen (secondary N) is 1. The highest BCUT2D eigenvalue weighted by Crippen LogP contribution is 2.37.